The van der Waals surface area contributed by atoms with Crippen molar-refractivity contribution in [2.45, 2.75) is 27.7 Å². The van der Waals surface area contributed by atoms with E-state index in [4.69, 9.17) is 4.74 Å². The Morgan fingerprint density at radius 3 is 1.53 bits per heavy atom. The van der Waals surface area contributed by atoms with E-state index in [0.29, 0.717) is 34.5 Å². The summed E-state index contributed by atoms with van der Waals surface area (Å²) in [5.41, 5.74) is 6.79. The number of carbonyl (C=O) groups excluding carboxylic acids is 2. The first-order chi connectivity index (χ1) is 24.8. The van der Waals surface area contributed by atoms with Crippen LogP contribution in [0.2, 0.25) is 0 Å². The van der Waals surface area contributed by atoms with E-state index in [-0.39, 0.29) is 50.7 Å². The molecule has 0 spiro atoms. The van der Waals surface area contributed by atoms with Crippen molar-refractivity contribution in [1.82, 2.24) is 39.5 Å². The Morgan fingerprint density at radius 2 is 1.04 bits per heavy atom. The summed E-state index contributed by atoms with van der Waals surface area (Å²) in [6.45, 7) is 0. The molecule has 0 aliphatic rings. The van der Waals surface area contributed by atoms with Crippen LogP contribution in [0.25, 0.3) is 44.6 Å². The van der Waals surface area contributed by atoms with E-state index < -0.39 is 0 Å². The summed E-state index contributed by atoms with van der Waals surface area (Å²) in [5, 5.41) is 19.3. The smallest absolute Gasteiger partial charge is 0.192 e. The summed E-state index contributed by atoms with van der Waals surface area (Å²) >= 11 is 0. The molecule has 0 unspecified atom stereocenters. The van der Waals surface area contributed by atoms with E-state index in [0.717, 1.165) is 33.2 Å². The van der Waals surface area contributed by atoms with Crippen LogP contribution in [0, 0.1) is 0 Å². The van der Waals surface area contributed by atoms with Crippen molar-refractivity contribution in [3.63, 3.8) is 0 Å². The number of benzene rings is 4. The molecule has 8 aromatic rings. The third-order valence-corrected chi connectivity index (χ3v) is 8.39. The quantitative estimate of drug-likeness (QED) is 0.128. The highest BCUT2D eigenvalue weighted by Gasteiger charge is 2.25. The number of aryl methyl sites for hydroxylation is 2. The van der Waals surface area contributed by atoms with Gasteiger partial charge < -0.3 is 19.8 Å². The third-order valence-electron chi connectivity index (χ3n) is 8.39. The topological polar surface area (TPSA) is 157 Å². The third kappa shape index (κ3) is 7.61. The number of carbonyl (C=O) groups is 2. The van der Waals surface area contributed by atoms with Crippen molar-refractivity contribution in [3.05, 3.63) is 132 Å². The Kier molecular flexibility index (Phi) is 11.3. The van der Waals surface area contributed by atoms with Crippen LogP contribution in [0.5, 0.6) is 11.5 Å². The lowest BCUT2D eigenvalue weighted by Crippen LogP contribution is -2.11. The van der Waals surface area contributed by atoms with E-state index in [1.165, 1.54) is 4.68 Å². The number of rotatable bonds is 9. The summed E-state index contributed by atoms with van der Waals surface area (Å²) in [5.74, 6) is 1.23. The van der Waals surface area contributed by atoms with Crippen LogP contribution < -0.4 is 4.74 Å². The zero-order valence-electron chi connectivity index (χ0n) is 28.2. The maximum absolute atomic E-state index is 12.9. The summed E-state index contributed by atoms with van der Waals surface area (Å²) in [4.78, 5) is 40.8. The van der Waals surface area contributed by atoms with E-state index in [1.54, 1.807) is 25.9 Å². The SMILES string of the molecule is C.C.COc1c(-c2ccccc2)nn(C)c1C(=O)Cc1nc2ccccc2[nH]1.Cn1nc(-c2ccccc2)c(O)c1C(=O)Cc1nc2ccccc2[nH]1. The van der Waals surface area contributed by atoms with E-state index in [9.17, 15) is 14.7 Å². The fourth-order valence-corrected chi connectivity index (χ4v) is 6.06. The highest BCUT2D eigenvalue weighted by atomic mass is 16.5. The number of aromatic nitrogens is 8. The van der Waals surface area contributed by atoms with Crippen molar-refractivity contribution < 1.29 is 19.4 Å². The van der Waals surface area contributed by atoms with Crippen LogP contribution in [-0.2, 0) is 26.9 Å². The first kappa shape index (κ1) is 37.4. The second-order valence-electron chi connectivity index (χ2n) is 11.9. The minimum Gasteiger partial charge on any atom is -0.504 e. The molecule has 53 heavy (non-hydrogen) atoms. The van der Waals surface area contributed by atoms with Gasteiger partial charge in [0.2, 0.25) is 0 Å². The van der Waals surface area contributed by atoms with Crippen LogP contribution in [0.3, 0.4) is 0 Å². The van der Waals surface area contributed by atoms with Gasteiger partial charge in [-0.2, -0.15) is 10.2 Å². The van der Waals surface area contributed by atoms with E-state index >= 15 is 0 Å². The standard InChI is InChI=1S/C20H18N4O2.C19H16N4O2.2CH4/c1-24-19(20(26-2)18(23-24)13-8-4-3-5-9-13)16(25)12-17-21-14-10-6-7-11-15(14)22-17;1-23-18(19(25)17(22-23)12-7-3-2-4-8-12)15(24)11-16-20-13-9-5-6-10-14(13)21-16;;/h3-11H,12H2,1-2H3,(H,21,22);2-10,25H,11H2,1H3,(H,20,21);2*1H4. The summed E-state index contributed by atoms with van der Waals surface area (Å²) in [6.07, 6.45) is 0.217. The second-order valence-corrected chi connectivity index (χ2v) is 11.9. The number of hydrogen-bond donors (Lipinski definition) is 3. The minimum atomic E-state index is -0.242. The predicted molar refractivity (Wildman–Crippen MR) is 207 cm³/mol. The second kappa shape index (κ2) is 16.0. The van der Waals surface area contributed by atoms with Crippen molar-refractivity contribution in [2.24, 2.45) is 14.1 Å². The zero-order valence-corrected chi connectivity index (χ0v) is 28.2. The lowest BCUT2D eigenvalue weighted by Gasteiger charge is -2.04. The van der Waals surface area contributed by atoms with E-state index in [1.807, 2.05) is 109 Å². The molecule has 4 aromatic heterocycles. The average molecular weight is 711 g/mol. The number of methoxy groups -OCH3 is 1. The number of ether oxygens (including phenoxy) is 1. The van der Waals surface area contributed by atoms with Gasteiger partial charge in [-0.3, -0.25) is 19.0 Å². The number of H-pyrrole nitrogens is 2. The maximum Gasteiger partial charge on any atom is 0.192 e. The van der Waals surface area contributed by atoms with Crippen LogP contribution in [-0.4, -0.2) is 63.3 Å². The summed E-state index contributed by atoms with van der Waals surface area (Å²) < 4.78 is 8.53. The van der Waals surface area contributed by atoms with Crippen molar-refractivity contribution in [2.75, 3.05) is 7.11 Å². The van der Waals surface area contributed by atoms with Gasteiger partial charge in [0.1, 0.15) is 34.4 Å². The molecule has 12 heteroatoms. The molecule has 0 atom stereocenters. The number of fused-ring (bicyclic) bond motifs is 2. The molecule has 0 radical (unpaired) electrons. The molecular formula is C41H42N8O4. The van der Waals surface area contributed by atoms with Crippen LogP contribution in [0.1, 0.15) is 47.5 Å². The number of aromatic amines is 2. The lowest BCUT2D eigenvalue weighted by molar-refractivity contribution is 0.0970. The molecule has 8 rings (SSSR count). The monoisotopic (exact) mass is 710 g/mol. The number of nitrogens with zero attached hydrogens (tertiary/aromatic N) is 6. The highest BCUT2D eigenvalue weighted by molar-refractivity contribution is 6.01. The largest absolute Gasteiger partial charge is 0.504 e. The number of ketones is 2. The van der Waals surface area contributed by atoms with Gasteiger partial charge in [0.15, 0.2) is 23.1 Å². The Balaban J connectivity index is 0.000000197. The molecule has 4 heterocycles. The van der Waals surface area contributed by atoms with Gasteiger partial charge in [0.25, 0.3) is 0 Å². The van der Waals surface area contributed by atoms with Crippen LogP contribution >= 0.6 is 0 Å². The molecule has 0 saturated carbocycles. The van der Waals surface area contributed by atoms with Gasteiger partial charge in [-0.1, -0.05) is 99.8 Å². The van der Waals surface area contributed by atoms with E-state index in [2.05, 4.69) is 30.1 Å². The number of imidazole rings is 2. The first-order valence-corrected chi connectivity index (χ1v) is 16.2. The Morgan fingerprint density at radius 1 is 0.623 bits per heavy atom. The Labute approximate surface area is 307 Å². The number of aromatic hydroxyl groups is 1. The molecule has 0 amide bonds. The van der Waals surface area contributed by atoms with Crippen molar-refractivity contribution in [1.29, 1.82) is 0 Å². The number of para-hydroxylation sites is 4. The normalized spacial score (nSPS) is 10.6. The zero-order chi connectivity index (χ0) is 35.5. The molecular weight excluding hydrogens is 669 g/mol. The van der Waals surface area contributed by atoms with Gasteiger partial charge in [-0.25, -0.2) is 9.97 Å². The number of Topliss-reactive ketones (excluding diaryl/α,β-unsaturated/α-hetero) is 2. The molecule has 270 valence electrons. The molecule has 3 N–H and O–H groups in total. The molecule has 0 aliphatic carbocycles. The Hall–Kier alpha value is -6.82. The van der Waals surface area contributed by atoms with Crippen molar-refractivity contribution >= 4 is 33.6 Å². The summed E-state index contributed by atoms with van der Waals surface area (Å²) in [7, 11) is 4.96. The fraction of sp³-hybridized carbons (Fsp3) is 0.171. The molecule has 0 fully saturated rings. The van der Waals surface area contributed by atoms with Crippen LogP contribution in [0.4, 0.5) is 0 Å². The number of nitrogens with one attached hydrogen (secondary N) is 2. The summed E-state index contributed by atoms with van der Waals surface area (Å²) in [6, 6.07) is 34.3. The lowest BCUT2D eigenvalue weighted by atomic mass is 10.1. The molecule has 4 aromatic carbocycles. The van der Waals surface area contributed by atoms with Gasteiger partial charge in [0.05, 0.1) is 42.0 Å². The van der Waals surface area contributed by atoms with Crippen molar-refractivity contribution in [3.8, 4) is 34.0 Å². The van der Waals surface area contributed by atoms with Gasteiger partial charge in [0, 0.05) is 25.2 Å². The highest BCUT2D eigenvalue weighted by Crippen LogP contribution is 2.33. The van der Waals surface area contributed by atoms with Crippen LogP contribution in [0.15, 0.2) is 109 Å². The van der Waals surface area contributed by atoms with Gasteiger partial charge in [-0.15, -0.1) is 0 Å². The number of hydrogen-bond acceptors (Lipinski definition) is 8. The Bertz CT molecular complexity index is 2430. The first-order valence-electron chi connectivity index (χ1n) is 16.2. The van der Waals surface area contributed by atoms with Gasteiger partial charge >= 0.3 is 0 Å². The molecule has 12 nitrogen and oxygen atoms in total. The average Bonchev–Trinajstić information content (AvgIpc) is 3.91. The predicted octanol–water partition coefficient (Wildman–Crippen LogP) is 7.76. The molecule has 0 bridgehead atoms. The minimum absolute atomic E-state index is 0. The fourth-order valence-electron chi connectivity index (χ4n) is 6.06. The van der Waals surface area contributed by atoms with Gasteiger partial charge in [-0.05, 0) is 24.3 Å². The molecule has 0 saturated heterocycles. The maximum atomic E-state index is 12.9. The molecule has 0 aliphatic heterocycles.